The molecule has 6 heteroatoms. The summed E-state index contributed by atoms with van der Waals surface area (Å²) in [6, 6.07) is 24.3. The van der Waals surface area contributed by atoms with Gasteiger partial charge in [-0.25, -0.2) is 4.98 Å². The Bertz CT molecular complexity index is 1590. The maximum Gasteiger partial charge on any atom is 0.258 e. The molecule has 1 aromatic heterocycles. The number of benzene rings is 3. The van der Waals surface area contributed by atoms with Crippen molar-refractivity contribution in [2.45, 2.75) is 20.3 Å². The van der Waals surface area contributed by atoms with Gasteiger partial charge in [0.2, 0.25) is 0 Å². The summed E-state index contributed by atoms with van der Waals surface area (Å²) >= 11 is 0. The number of nitrogens with zero attached hydrogens (tertiary/aromatic N) is 2. The van der Waals surface area contributed by atoms with Crippen molar-refractivity contribution in [2.75, 3.05) is 11.9 Å². The number of aryl methyl sites for hydroxylation is 1. The van der Waals surface area contributed by atoms with Crippen molar-refractivity contribution in [2.24, 2.45) is 0 Å². The quantitative estimate of drug-likeness (QED) is 0.307. The largest absolute Gasteiger partial charge is 0.346 e. The van der Waals surface area contributed by atoms with E-state index in [2.05, 4.69) is 21.9 Å². The topological polar surface area (TPSA) is 78.1 Å². The van der Waals surface area contributed by atoms with Gasteiger partial charge in [-0.2, -0.15) is 0 Å². The lowest BCUT2D eigenvalue weighted by Gasteiger charge is -2.24. The van der Waals surface area contributed by atoms with Crippen molar-refractivity contribution >= 4 is 23.1 Å². The van der Waals surface area contributed by atoms with Crippen LogP contribution in [0.15, 0.2) is 109 Å². The van der Waals surface area contributed by atoms with Crippen molar-refractivity contribution in [1.29, 1.82) is 0 Å². The molecule has 0 atom stereocenters. The Labute approximate surface area is 228 Å². The number of nitrogens with one attached hydrogen (secondary N) is 2. The van der Waals surface area contributed by atoms with E-state index in [1.165, 1.54) is 0 Å². The fraction of sp³-hybridized carbons (Fsp3) is 0.121. The second-order valence-corrected chi connectivity index (χ2v) is 9.35. The SMILES string of the molecule is C=C1/C(=C\C=C/C)c2nc(C)[nH]c2CCN1C(=O)c1ccc(NC(=O)c2ccccc2-c2ccccc2)cc1. The van der Waals surface area contributed by atoms with Gasteiger partial charge in [-0.3, -0.25) is 9.59 Å². The second kappa shape index (κ2) is 11.2. The van der Waals surface area contributed by atoms with Gasteiger partial charge in [-0.1, -0.05) is 73.3 Å². The number of amides is 2. The number of carbonyl (C=O) groups is 2. The third-order valence-electron chi connectivity index (χ3n) is 6.72. The molecular weight excluding hydrogens is 484 g/mol. The zero-order valence-electron chi connectivity index (χ0n) is 22.1. The van der Waals surface area contributed by atoms with E-state index >= 15 is 0 Å². The van der Waals surface area contributed by atoms with Crippen LogP contribution in [0.4, 0.5) is 5.69 Å². The first-order valence-electron chi connectivity index (χ1n) is 12.9. The molecule has 6 nitrogen and oxygen atoms in total. The van der Waals surface area contributed by atoms with Crippen molar-refractivity contribution in [1.82, 2.24) is 14.9 Å². The molecule has 2 amide bonds. The van der Waals surface area contributed by atoms with Crippen molar-refractivity contribution in [3.8, 4) is 11.1 Å². The Hall–Kier alpha value is -4.97. The van der Waals surface area contributed by atoms with Gasteiger partial charge in [-0.05, 0) is 55.3 Å². The number of anilines is 1. The molecule has 4 aromatic rings. The molecule has 0 spiro atoms. The average molecular weight is 515 g/mol. The van der Waals surface area contributed by atoms with Gasteiger partial charge in [0.1, 0.15) is 5.82 Å². The van der Waals surface area contributed by atoms with Crippen LogP contribution in [0.25, 0.3) is 16.7 Å². The molecule has 5 rings (SSSR count). The number of hydrogen-bond donors (Lipinski definition) is 2. The lowest BCUT2D eigenvalue weighted by molar-refractivity contribution is 0.0815. The van der Waals surface area contributed by atoms with Crippen LogP contribution in [0, 0.1) is 6.92 Å². The Morgan fingerprint density at radius 3 is 2.46 bits per heavy atom. The summed E-state index contributed by atoms with van der Waals surface area (Å²) in [4.78, 5) is 36.4. The third kappa shape index (κ3) is 5.36. The van der Waals surface area contributed by atoms with Crippen molar-refractivity contribution in [3.63, 3.8) is 0 Å². The molecule has 194 valence electrons. The molecule has 1 aliphatic rings. The minimum Gasteiger partial charge on any atom is -0.346 e. The molecule has 0 fully saturated rings. The molecule has 2 heterocycles. The number of rotatable bonds is 5. The fourth-order valence-electron chi connectivity index (χ4n) is 4.78. The van der Waals surface area contributed by atoms with E-state index < -0.39 is 0 Å². The van der Waals surface area contributed by atoms with Crippen LogP contribution in [0.5, 0.6) is 0 Å². The molecule has 0 unspecified atom stereocenters. The van der Waals surface area contributed by atoms with Gasteiger partial charge in [0.15, 0.2) is 0 Å². The first kappa shape index (κ1) is 25.7. The number of aromatic amines is 1. The normalized spacial score (nSPS) is 14.4. The second-order valence-electron chi connectivity index (χ2n) is 9.35. The standard InChI is InChI=1S/C33H30N4O2/c1-4-5-13-27-22(2)37(21-20-30-31(27)35-23(3)34-30)33(39)25-16-18-26(19-17-25)36-32(38)29-15-10-9-14-28(29)24-11-7-6-8-12-24/h4-19H,2,20-21H2,1,3H3,(H,34,35)(H,36,38)/b5-4-,27-13+. The minimum absolute atomic E-state index is 0.152. The monoisotopic (exact) mass is 514 g/mol. The highest BCUT2D eigenvalue weighted by Gasteiger charge is 2.28. The summed E-state index contributed by atoms with van der Waals surface area (Å²) in [6.07, 6.45) is 6.44. The number of fused-ring (bicyclic) bond motifs is 1. The molecule has 1 aliphatic heterocycles. The van der Waals surface area contributed by atoms with E-state index in [1.54, 1.807) is 29.2 Å². The van der Waals surface area contributed by atoms with Gasteiger partial charge in [0, 0.05) is 46.7 Å². The van der Waals surface area contributed by atoms with Gasteiger partial charge >= 0.3 is 0 Å². The summed E-state index contributed by atoms with van der Waals surface area (Å²) < 4.78 is 0. The van der Waals surface area contributed by atoms with Crippen LogP contribution in [0.1, 0.15) is 44.9 Å². The number of hydrogen-bond acceptors (Lipinski definition) is 3. The molecule has 0 bridgehead atoms. The Balaban J connectivity index is 1.34. The predicted octanol–water partition coefficient (Wildman–Crippen LogP) is 6.81. The smallest absolute Gasteiger partial charge is 0.258 e. The molecule has 3 aromatic carbocycles. The Morgan fingerprint density at radius 1 is 1.00 bits per heavy atom. The molecule has 0 saturated heterocycles. The molecule has 0 saturated carbocycles. The van der Waals surface area contributed by atoms with Crippen LogP contribution >= 0.6 is 0 Å². The Morgan fingerprint density at radius 2 is 1.72 bits per heavy atom. The van der Waals surface area contributed by atoms with E-state index in [1.807, 2.05) is 86.7 Å². The first-order valence-corrected chi connectivity index (χ1v) is 12.9. The molecule has 0 radical (unpaired) electrons. The van der Waals surface area contributed by atoms with Gasteiger partial charge in [-0.15, -0.1) is 0 Å². The van der Waals surface area contributed by atoms with Gasteiger partial charge < -0.3 is 15.2 Å². The third-order valence-corrected chi connectivity index (χ3v) is 6.72. The lowest BCUT2D eigenvalue weighted by Crippen LogP contribution is -2.31. The molecule has 0 aliphatic carbocycles. The van der Waals surface area contributed by atoms with E-state index in [-0.39, 0.29) is 11.8 Å². The predicted molar refractivity (Wildman–Crippen MR) is 156 cm³/mol. The van der Waals surface area contributed by atoms with E-state index in [4.69, 9.17) is 0 Å². The van der Waals surface area contributed by atoms with Crippen LogP contribution in [0.2, 0.25) is 0 Å². The Kier molecular flexibility index (Phi) is 7.37. The molecule has 39 heavy (non-hydrogen) atoms. The summed E-state index contributed by atoms with van der Waals surface area (Å²) in [5.74, 6) is 0.473. The summed E-state index contributed by atoms with van der Waals surface area (Å²) in [6.45, 7) is 8.61. The highest BCUT2D eigenvalue weighted by molar-refractivity contribution is 6.09. The highest BCUT2D eigenvalue weighted by atomic mass is 16.2. The summed E-state index contributed by atoms with van der Waals surface area (Å²) in [5, 5.41) is 2.97. The van der Waals surface area contributed by atoms with Crippen LogP contribution in [0.3, 0.4) is 0 Å². The van der Waals surface area contributed by atoms with Crippen LogP contribution in [-0.4, -0.2) is 33.2 Å². The zero-order chi connectivity index (χ0) is 27.4. The van der Waals surface area contributed by atoms with Gasteiger partial charge in [0.05, 0.1) is 5.69 Å². The fourth-order valence-corrected chi connectivity index (χ4v) is 4.78. The number of aromatic nitrogens is 2. The number of H-pyrrole nitrogens is 1. The van der Waals surface area contributed by atoms with E-state index in [0.29, 0.717) is 35.5 Å². The summed E-state index contributed by atoms with van der Waals surface area (Å²) in [7, 11) is 0. The maximum absolute atomic E-state index is 13.6. The van der Waals surface area contributed by atoms with E-state index in [9.17, 15) is 9.59 Å². The molecular formula is C33H30N4O2. The van der Waals surface area contributed by atoms with E-state index in [0.717, 1.165) is 33.9 Å². The number of allylic oxidation sites excluding steroid dienone is 4. The van der Waals surface area contributed by atoms with Crippen molar-refractivity contribution in [3.05, 3.63) is 138 Å². The first-order chi connectivity index (χ1) is 19.0. The van der Waals surface area contributed by atoms with Crippen LogP contribution in [-0.2, 0) is 6.42 Å². The van der Waals surface area contributed by atoms with Gasteiger partial charge in [0.25, 0.3) is 11.8 Å². The number of imidazole rings is 1. The average Bonchev–Trinajstić information content (AvgIpc) is 3.28. The molecule has 2 N–H and O–H groups in total. The summed E-state index contributed by atoms with van der Waals surface area (Å²) in [5.41, 5.74) is 6.79. The van der Waals surface area contributed by atoms with Crippen LogP contribution < -0.4 is 5.32 Å². The van der Waals surface area contributed by atoms with Crippen molar-refractivity contribution < 1.29 is 9.59 Å². The zero-order valence-corrected chi connectivity index (χ0v) is 22.1. The lowest BCUT2D eigenvalue weighted by atomic mass is 9.99. The number of carbonyl (C=O) groups excluding carboxylic acids is 2. The minimum atomic E-state index is -0.211. The maximum atomic E-state index is 13.6. The highest BCUT2D eigenvalue weighted by Crippen LogP contribution is 2.31.